The number of hydrogen-bond acceptors (Lipinski definition) is 3. The lowest BCUT2D eigenvalue weighted by Gasteiger charge is -2.18. The number of benzene rings is 2. The standard InChI is InChI=1S/C21H18ClN3O/c22-18-8-5-15(6-9-18)13-24-21(26)17-7-10-20(23-14-17)25-12-11-16-3-1-2-4-19(16)25/h1-10,14H,11-13H2,(H,24,26). The fraction of sp³-hybridized carbons (Fsp3) is 0.143. The number of rotatable bonds is 4. The van der Waals surface area contributed by atoms with Crippen LogP contribution in [0.4, 0.5) is 11.5 Å². The van der Waals surface area contributed by atoms with Crippen LogP contribution >= 0.6 is 11.6 Å². The van der Waals surface area contributed by atoms with E-state index in [1.165, 1.54) is 11.3 Å². The highest BCUT2D eigenvalue weighted by Gasteiger charge is 2.20. The molecule has 0 saturated carbocycles. The summed E-state index contributed by atoms with van der Waals surface area (Å²) in [5.74, 6) is 0.727. The number of carbonyl (C=O) groups is 1. The van der Waals surface area contributed by atoms with Crippen molar-refractivity contribution in [3.8, 4) is 0 Å². The van der Waals surface area contributed by atoms with Crippen molar-refractivity contribution in [2.45, 2.75) is 13.0 Å². The monoisotopic (exact) mass is 363 g/mol. The van der Waals surface area contributed by atoms with Gasteiger partial charge in [-0.15, -0.1) is 0 Å². The van der Waals surface area contributed by atoms with Crippen LogP contribution in [0.2, 0.25) is 5.02 Å². The molecule has 1 aliphatic heterocycles. The summed E-state index contributed by atoms with van der Waals surface area (Å²) in [7, 11) is 0. The van der Waals surface area contributed by atoms with E-state index < -0.39 is 0 Å². The second kappa shape index (κ2) is 7.18. The number of halogens is 1. The van der Waals surface area contributed by atoms with Gasteiger partial charge in [-0.1, -0.05) is 41.9 Å². The van der Waals surface area contributed by atoms with E-state index in [1.807, 2.05) is 42.5 Å². The summed E-state index contributed by atoms with van der Waals surface area (Å²) < 4.78 is 0. The van der Waals surface area contributed by atoms with Crippen LogP contribution in [0.15, 0.2) is 66.9 Å². The van der Waals surface area contributed by atoms with Crippen molar-refractivity contribution in [3.05, 3.63) is 88.6 Å². The van der Waals surface area contributed by atoms with Gasteiger partial charge >= 0.3 is 0 Å². The fourth-order valence-corrected chi connectivity index (χ4v) is 3.27. The number of hydrogen-bond donors (Lipinski definition) is 1. The Kier molecular flexibility index (Phi) is 4.59. The molecule has 4 rings (SSSR count). The van der Waals surface area contributed by atoms with E-state index in [9.17, 15) is 4.79 Å². The molecule has 2 heterocycles. The molecule has 1 amide bonds. The molecule has 0 fully saturated rings. The van der Waals surface area contributed by atoms with Gasteiger partial charge in [-0.3, -0.25) is 4.79 Å². The summed E-state index contributed by atoms with van der Waals surface area (Å²) in [6, 6.07) is 19.5. The third-order valence-electron chi connectivity index (χ3n) is 4.54. The Hall–Kier alpha value is -2.85. The predicted molar refractivity (Wildman–Crippen MR) is 104 cm³/mol. The van der Waals surface area contributed by atoms with Gasteiger partial charge in [0.15, 0.2) is 0 Å². The Bertz CT molecular complexity index is 923. The SMILES string of the molecule is O=C(NCc1ccc(Cl)cc1)c1ccc(N2CCc3ccccc32)nc1. The lowest BCUT2D eigenvalue weighted by atomic mass is 10.2. The number of aromatic nitrogens is 1. The summed E-state index contributed by atoms with van der Waals surface area (Å²) in [5, 5.41) is 3.59. The summed E-state index contributed by atoms with van der Waals surface area (Å²) in [5.41, 5.74) is 4.08. The molecule has 0 saturated heterocycles. The largest absolute Gasteiger partial charge is 0.348 e. The lowest BCUT2D eigenvalue weighted by molar-refractivity contribution is 0.0950. The normalized spacial score (nSPS) is 12.7. The number of anilines is 2. The zero-order valence-corrected chi connectivity index (χ0v) is 14.9. The van der Waals surface area contributed by atoms with Gasteiger partial charge < -0.3 is 10.2 Å². The lowest BCUT2D eigenvalue weighted by Crippen LogP contribution is -2.23. The molecule has 1 N–H and O–H groups in total. The summed E-state index contributed by atoms with van der Waals surface area (Å²) >= 11 is 5.87. The highest BCUT2D eigenvalue weighted by atomic mass is 35.5. The fourth-order valence-electron chi connectivity index (χ4n) is 3.14. The van der Waals surface area contributed by atoms with Crippen molar-refractivity contribution in [3.63, 3.8) is 0 Å². The molecular weight excluding hydrogens is 346 g/mol. The average molecular weight is 364 g/mol. The maximum Gasteiger partial charge on any atom is 0.253 e. The molecule has 0 aliphatic carbocycles. The maximum absolute atomic E-state index is 12.3. The number of nitrogens with zero attached hydrogens (tertiary/aromatic N) is 2. The smallest absolute Gasteiger partial charge is 0.253 e. The van der Waals surface area contributed by atoms with Crippen molar-refractivity contribution in [2.24, 2.45) is 0 Å². The minimum absolute atomic E-state index is 0.138. The first-order chi connectivity index (χ1) is 12.7. The molecule has 130 valence electrons. The van der Waals surface area contributed by atoms with E-state index in [0.29, 0.717) is 17.1 Å². The molecule has 0 spiro atoms. The van der Waals surface area contributed by atoms with Gasteiger partial charge in [0.1, 0.15) is 5.82 Å². The summed E-state index contributed by atoms with van der Waals surface area (Å²) in [6.45, 7) is 1.37. The molecule has 4 nitrogen and oxygen atoms in total. The van der Waals surface area contributed by atoms with Crippen LogP contribution in [0.5, 0.6) is 0 Å². The first-order valence-electron chi connectivity index (χ1n) is 8.55. The summed E-state index contributed by atoms with van der Waals surface area (Å²) in [6.07, 6.45) is 2.65. The molecule has 0 radical (unpaired) electrons. The number of fused-ring (bicyclic) bond motifs is 1. The maximum atomic E-state index is 12.3. The molecule has 0 unspecified atom stereocenters. The number of pyridine rings is 1. The molecule has 1 aliphatic rings. The van der Waals surface area contributed by atoms with Crippen molar-refractivity contribution in [1.82, 2.24) is 10.3 Å². The zero-order chi connectivity index (χ0) is 17.9. The third-order valence-corrected chi connectivity index (χ3v) is 4.79. The minimum atomic E-state index is -0.138. The average Bonchev–Trinajstić information content (AvgIpc) is 3.11. The quantitative estimate of drug-likeness (QED) is 0.749. The molecular formula is C21H18ClN3O. The van der Waals surface area contributed by atoms with Crippen LogP contribution in [0, 0.1) is 0 Å². The highest BCUT2D eigenvalue weighted by molar-refractivity contribution is 6.30. The van der Waals surface area contributed by atoms with E-state index in [2.05, 4.69) is 33.4 Å². The Labute approximate surface area is 157 Å². The molecule has 1 aromatic heterocycles. The van der Waals surface area contributed by atoms with Gasteiger partial charge in [-0.25, -0.2) is 4.98 Å². The van der Waals surface area contributed by atoms with Crippen molar-refractivity contribution < 1.29 is 4.79 Å². The number of para-hydroxylation sites is 1. The van der Waals surface area contributed by atoms with E-state index in [4.69, 9.17) is 11.6 Å². The molecule has 5 heteroatoms. The van der Waals surface area contributed by atoms with E-state index in [-0.39, 0.29) is 5.91 Å². The first-order valence-corrected chi connectivity index (χ1v) is 8.93. The number of nitrogens with one attached hydrogen (secondary N) is 1. The first kappa shape index (κ1) is 16.6. The van der Waals surface area contributed by atoms with Crippen LogP contribution in [-0.2, 0) is 13.0 Å². The minimum Gasteiger partial charge on any atom is -0.348 e. The Morgan fingerprint density at radius 1 is 1.08 bits per heavy atom. The van der Waals surface area contributed by atoms with Gasteiger partial charge in [0, 0.05) is 30.0 Å². The van der Waals surface area contributed by atoms with Crippen LogP contribution in [0.1, 0.15) is 21.5 Å². The van der Waals surface area contributed by atoms with Gasteiger partial charge in [0.05, 0.1) is 5.56 Å². The van der Waals surface area contributed by atoms with Crippen LogP contribution in [-0.4, -0.2) is 17.4 Å². The predicted octanol–water partition coefficient (Wildman–Crippen LogP) is 4.36. The van der Waals surface area contributed by atoms with Gasteiger partial charge in [-0.2, -0.15) is 0 Å². The van der Waals surface area contributed by atoms with Crippen molar-refractivity contribution in [1.29, 1.82) is 0 Å². The van der Waals surface area contributed by atoms with E-state index >= 15 is 0 Å². The number of carbonyl (C=O) groups excluding carboxylic acids is 1. The Morgan fingerprint density at radius 3 is 2.65 bits per heavy atom. The molecule has 0 atom stereocenters. The Balaban J connectivity index is 1.43. The van der Waals surface area contributed by atoms with E-state index in [0.717, 1.165) is 24.3 Å². The third kappa shape index (κ3) is 3.41. The zero-order valence-electron chi connectivity index (χ0n) is 14.2. The number of amides is 1. The van der Waals surface area contributed by atoms with Crippen molar-refractivity contribution in [2.75, 3.05) is 11.4 Å². The second-order valence-corrected chi connectivity index (χ2v) is 6.68. The van der Waals surface area contributed by atoms with Crippen LogP contribution < -0.4 is 10.2 Å². The van der Waals surface area contributed by atoms with Gasteiger partial charge in [0.2, 0.25) is 0 Å². The van der Waals surface area contributed by atoms with Gasteiger partial charge in [-0.05, 0) is 47.9 Å². The molecule has 0 bridgehead atoms. The van der Waals surface area contributed by atoms with Crippen LogP contribution in [0.25, 0.3) is 0 Å². The molecule has 2 aromatic carbocycles. The second-order valence-electron chi connectivity index (χ2n) is 6.24. The van der Waals surface area contributed by atoms with Crippen LogP contribution in [0.3, 0.4) is 0 Å². The molecule has 26 heavy (non-hydrogen) atoms. The van der Waals surface area contributed by atoms with E-state index in [1.54, 1.807) is 6.20 Å². The topological polar surface area (TPSA) is 45.2 Å². The summed E-state index contributed by atoms with van der Waals surface area (Å²) in [4.78, 5) is 19.0. The Morgan fingerprint density at radius 2 is 1.88 bits per heavy atom. The molecule has 3 aromatic rings. The highest BCUT2D eigenvalue weighted by Crippen LogP contribution is 2.32. The van der Waals surface area contributed by atoms with Crippen molar-refractivity contribution >= 4 is 29.0 Å². The van der Waals surface area contributed by atoms with Gasteiger partial charge in [0.25, 0.3) is 5.91 Å².